The maximum Gasteiger partial charge on any atom is 0.211 e. The average Bonchev–Trinajstić information content (AvgIpc) is 2.49. The molecule has 0 amide bonds. The van der Waals surface area contributed by atoms with Gasteiger partial charge in [-0.15, -0.1) is 0 Å². The summed E-state index contributed by atoms with van der Waals surface area (Å²) in [5.41, 5.74) is 1.78. The number of hydrogen-bond donors (Lipinski definition) is 1. The van der Waals surface area contributed by atoms with Gasteiger partial charge in [0.05, 0.1) is 20.8 Å². The van der Waals surface area contributed by atoms with Gasteiger partial charge >= 0.3 is 0 Å². The van der Waals surface area contributed by atoms with Crippen molar-refractivity contribution in [3.05, 3.63) is 47.5 Å². The fourth-order valence-corrected chi connectivity index (χ4v) is 1.95. The first-order chi connectivity index (χ1) is 9.69. The Bertz CT molecular complexity index is 571. The molecule has 0 aromatic heterocycles. The molecule has 0 heterocycles. The quantitative estimate of drug-likeness (QED) is 0.908. The Kier molecular flexibility index (Phi) is 4.48. The Morgan fingerprint density at radius 3 is 2.10 bits per heavy atom. The molecule has 2 aromatic carbocycles. The first kappa shape index (κ1) is 14.2. The summed E-state index contributed by atoms with van der Waals surface area (Å²) in [5, 5.41) is 9.13. The van der Waals surface area contributed by atoms with Gasteiger partial charge in [-0.1, -0.05) is 18.2 Å². The van der Waals surface area contributed by atoms with E-state index >= 15 is 0 Å². The van der Waals surface area contributed by atoms with E-state index in [1.807, 2.05) is 43.3 Å². The number of benzene rings is 2. The summed E-state index contributed by atoms with van der Waals surface area (Å²) in [5.74, 6) is 2.45. The van der Waals surface area contributed by atoms with Crippen LogP contribution in [0.1, 0.15) is 11.1 Å². The fraction of sp³-hybridized carbons (Fsp3) is 0.250. The van der Waals surface area contributed by atoms with E-state index < -0.39 is 0 Å². The number of ether oxygens (including phenoxy) is 3. The lowest BCUT2D eigenvalue weighted by atomic mass is 10.1. The van der Waals surface area contributed by atoms with Gasteiger partial charge in [-0.2, -0.15) is 0 Å². The second-order valence-electron chi connectivity index (χ2n) is 4.35. The predicted octanol–water partition coefficient (Wildman–Crippen LogP) is 3.30. The summed E-state index contributed by atoms with van der Waals surface area (Å²) in [6.45, 7) is 1.94. The van der Waals surface area contributed by atoms with Gasteiger partial charge in [0.25, 0.3) is 0 Å². The Labute approximate surface area is 118 Å². The lowest BCUT2D eigenvalue weighted by Gasteiger charge is -2.15. The van der Waals surface area contributed by atoms with Crippen LogP contribution in [0.4, 0.5) is 0 Å². The molecular weight excluding hydrogens is 256 g/mol. The number of rotatable bonds is 5. The molecule has 0 bridgehead atoms. The number of hydrogen-bond acceptors (Lipinski definition) is 4. The molecule has 0 aliphatic carbocycles. The third-order valence-corrected chi connectivity index (χ3v) is 3.02. The summed E-state index contributed by atoms with van der Waals surface area (Å²) < 4.78 is 16.5. The van der Waals surface area contributed by atoms with Crippen LogP contribution in [0.25, 0.3) is 0 Å². The van der Waals surface area contributed by atoms with E-state index in [1.165, 1.54) is 0 Å². The van der Waals surface area contributed by atoms with E-state index in [9.17, 15) is 0 Å². The molecule has 0 saturated heterocycles. The molecule has 0 saturated carbocycles. The van der Waals surface area contributed by atoms with Crippen molar-refractivity contribution in [1.29, 1.82) is 0 Å². The van der Waals surface area contributed by atoms with Gasteiger partial charge in [-0.05, 0) is 36.2 Å². The molecule has 4 heteroatoms. The first-order valence-corrected chi connectivity index (χ1v) is 6.28. The number of methoxy groups -OCH3 is 2. The van der Waals surface area contributed by atoms with Crippen LogP contribution in [0.5, 0.6) is 23.0 Å². The minimum absolute atomic E-state index is 0.0130. The Hall–Kier alpha value is -2.20. The third-order valence-electron chi connectivity index (χ3n) is 3.02. The van der Waals surface area contributed by atoms with Gasteiger partial charge in [0, 0.05) is 0 Å². The Balaban J connectivity index is 2.39. The summed E-state index contributed by atoms with van der Waals surface area (Å²) in [7, 11) is 3.17. The first-order valence-electron chi connectivity index (χ1n) is 6.28. The molecule has 2 aromatic rings. The Morgan fingerprint density at radius 1 is 0.950 bits per heavy atom. The van der Waals surface area contributed by atoms with Crippen molar-refractivity contribution < 1.29 is 19.3 Å². The van der Waals surface area contributed by atoms with Gasteiger partial charge in [0.1, 0.15) is 5.75 Å². The molecule has 0 unspecified atom stereocenters. The van der Waals surface area contributed by atoms with Crippen molar-refractivity contribution in [1.82, 2.24) is 0 Å². The molecule has 0 radical (unpaired) electrons. The number of aliphatic hydroxyl groups excluding tert-OH is 1. The molecule has 0 atom stereocenters. The van der Waals surface area contributed by atoms with Gasteiger partial charge in [-0.25, -0.2) is 0 Å². The lowest BCUT2D eigenvalue weighted by Crippen LogP contribution is -1.96. The van der Waals surface area contributed by atoms with Gasteiger partial charge < -0.3 is 19.3 Å². The summed E-state index contributed by atoms with van der Waals surface area (Å²) >= 11 is 0. The van der Waals surface area contributed by atoms with Crippen molar-refractivity contribution in [3.63, 3.8) is 0 Å². The van der Waals surface area contributed by atoms with E-state index in [1.54, 1.807) is 14.2 Å². The monoisotopic (exact) mass is 274 g/mol. The number of aliphatic hydroxyl groups is 1. The van der Waals surface area contributed by atoms with Crippen LogP contribution in [0.3, 0.4) is 0 Å². The SMILES string of the molecule is COc1cccc(OC)c1Oc1ccc(CO)cc1C. The molecule has 0 aliphatic rings. The highest BCUT2D eigenvalue weighted by Crippen LogP contribution is 2.40. The van der Waals surface area contributed by atoms with Crippen LogP contribution in [0.2, 0.25) is 0 Å². The van der Waals surface area contributed by atoms with Crippen molar-refractivity contribution in [2.45, 2.75) is 13.5 Å². The summed E-state index contributed by atoms with van der Waals surface area (Å²) in [4.78, 5) is 0. The van der Waals surface area contributed by atoms with Crippen LogP contribution < -0.4 is 14.2 Å². The van der Waals surface area contributed by atoms with Gasteiger partial charge in [0.2, 0.25) is 5.75 Å². The van der Waals surface area contributed by atoms with Crippen LogP contribution >= 0.6 is 0 Å². The van der Waals surface area contributed by atoms with Gasteiger partial charge in [0.15, 0.2) is 11.5 Å². The molecule has 2 rings (SSSR count). The fourth-order valence-electron chi connectivity index (χ4n) is 1.95. The maximum absolute atomic E-state index is 9.13. The molecule has 4 nitrogen and oxygen atoms in total. The lowest BCUT2D eigenvalue weighted by molar-refractivity contribution is 0.281. The van der Waals surface area contributed by atoms with Crippen LogP contribution in [0, 0.1) is 6.92 Å². The zero-order chi connectivity index (χ0) is 14.5. The minimum atomic E-state index is 0.0130. The predicted molar refractivity (Wildman–Crippen MR) is 76.7 cm³/mol. The molecule has 0 aliphatic heterocycles. The van der Waals surface area contributed by atoms with Crippen LogP contribution in [-0.4, -0.2) is 19.3 Å². The molecule has 0 fully saturated rings. The maximum atomic E-state index is 9.13. The van der Waals surface area contributed by atoms with Crippen molar-refractivity contribution in [3.8, 4) is 23.0 Å². The molecule has 20 heavy (non-hydrogen) atoms. The summed E-state index contributed by atoms with van der Waals surface area (Å²) in [6.07, 6.45) is 0. The van der Waals surface area contributed by atoms with E-state index in [4.69, 9.17) is 19.3 Å². The molecular formula is C16H18O4. The minimum Gasteiger partial charge on any atom is -0.493 e. The zero-order valence-corrected chi connectivity index (χ0v) is 11.8. The van der Waals surface area contributed by atoms with E-state index in [2.05, 4.69) is 0 Å². The highest BCUT2D eigenvalue weighted by atomic mass is 16.5. The average molecular weight is 274 g/mol. The van der Waals surface area contributed by atoms with Crippen LogP contribution in [0.15, 0.2) is 36.4 Å². The highest BCUT2D eigenvalue weighted by molar-refractivity contribution is 5.54. The van der Waals surface area contributed by atoms with E-state index in [-0.39, 0.29) is 6.61 Å². The third kappa shape index (κ3) is 2.86. The van der Waals surface area contributed by atoms with E-state index in [0.29, 0.717) is 23.0 Å². The van der Waals surface area contributed by atoms with Gasteiger partial charge in [-0.3, -0.25) is 0 Å². The normalized spacial score (nSPS) is 10.2. The van der Waals surface area contributed by atoms with Crippen molar-refractivity contribution >= 4 is 0 Å². The van der Waals surface area contributed by atoms with Crippen molar-refractivity contribution in [2.75, 3.05) is 14.2 Å². The summed E-state index contributed by atoms with van der Waals surface area (Å²) in [6, 6.07) is 11.0. The molecule has 1 N–H and O–H groups in total. The smallest absolute Gasteiger partial charge is 0.211 e. The number of para-hydroxylation sites is 1. The topological polar surface area (TPSA) is 47.9 Å². The largest absolute Gasteiger partial charge is 0.493 e. The van der Waals surface area contributed by atoms with Crippen LogP contribution in [-0.2, 0) is 6.61 Å². The number of aryl methyl sites for hydroxylation is 1. The second kappa shape index (κ2) is 6.30. The van der Waals surface area contributed by atoms with E-state index in [0.717, 1.165) is 11.1 Å². The van der Waals surface area contributed by atoms with Crippen molar-refractivity contribution in [2.24, 2.45) is 0 Å². The standard InChI is InChI=1S/C16H18O4/c1-11-9-12(10-17)7-8-13(11)20-16-14(18-2)5-4-6-15(16)19-3/h4-9,17H,10H2,1-3H3. The molecule has 0 spiro atoms. The highest BCUT2D eigenvalue weighted by Gasteiger charge is 2.13. The second-order valence-corrected chi connectivity index (χ2v) is 4.35. The Morgan fingerprint density at radius 2 is 1.60 bits per heavy atom. The molecule has 106 valence electrons. The zero-order valence-electron chi connectivity index (χ0n) is 11.8.